The molecule has 0 bridgehead atoms. The standard InChI is InChI=1S/C14H15ClN6O2/c15-9-4-3-5-10(8-9)17-14-18-12(16)11(21(22)23)13(19-14)20-6-1-2-7-20/h3-5,8H,1-2,6-7H2,(H3,16,17,18,19). The summed E-state index contributed by atoms with van der Waals surface area (Å²) in [6.07, 6.45) is 1.94. The second kappa shape index (κ2) is 6.25. The number of nitro groups is 1. The van der Waals surface area contributed by atoms with Crippen molar-refractivity contribution in [2.24, 2.45) is 0 Å². The van der Waals surface area contributed by atoms with Crippen LogP contribution in [0.1, 0.15) is 12.8 Å². The van der Waals surface area contributed by atoms with E-state index in [9.17, 15) is 10.1 Å². The van der Waals surface area contributed by atoms with Crippen molar-refractivity contribution in [1.82, 2.24) is 9.97 Å². The number of nitrogens with zero attached hydrogens (tertiary/aromatic N) is 4. The van der Waals surface area contributed by atoms with Crippen LogP contribution in [-0.4, -0.2) is 28.0 Å². The molecule has 1 fully saturated rings. The van der Waals surface area contributed by atoms with E-state index in [1.165, 1.54) is 0 Å². The van der Waals surface area contributed by atoms with Crippen LogP contribution in [0.3, 0.4) is 0 Å². The first-order valence-electron chi connectivity index (χ1n) is 7.14. The second-order valence-electron chi connectivity index (χ2n) is 5.19. The Morgan fingerprint density at radius 3 is 2.70 bits per heavy atom. The largest absolute Gasteiger partial charge is 0.378 e. The molecular formula is C14H15ClN6O2. The van der Waals surface area contributed by atoms with Crippen molar-refractivity contribution in [2.75, 3.05) is 29.0 Å². The fraction of sp³-hybridized carbons (Fsp3) is 0.286. The molecule has 1 aliphatic rings. The molecule has 0 spiro atoms. The lowest BCUT2D eigenvalue weighted by Crippen LogP contribution is -2.22. The van der Waals surface area contributed by atoms with Crippen molar-refractivity contribution in [1.29, 1.82) is 0 Å². The first-order chi connectivity index (χ1) is 11.0. The number of nitrogen functional groups attached to an aromatic ring is 1. The van der Waals surface area contributed by atoms with Gasteiger partial charge >= 0.3 is 5.69 Å². The number of nitrogens with two attached hydrogens (primary N) is 1. The third-order valence-corrected chi connectivity index (χ3v) is 3.80. The van der Waals surface area contributed by atoms with Gasteiger partial charge in [-0.15, -0.1) is 0 Å². The molecule has 0 saturated carbocycles. The van der Waals surface area contributed by atoms with E-state index in [0.717, 1.165) is 12.8 Å². The van der Waals surface area contributed by atoms with E-state index >= 15 is 0 Å². The molecule has 23 heavy (non-hydrogen) atoms. The van der Waals surface area contributed by atoms with Crippen LogP contribution >= 0.6 is 11.6 Å². The SMILES string of the molecule is Nc1nc(Nc2cccc(Cl)c2)nc(N2CCCC2)c1[N+](=O)[O-]. The second-order valence-corrected chi connectivity index (χ2v) is 5.63. The summed E-state index contributed by atoms with van der Waals surface area (Å²) >= 11 is 5.94. The monoisotopic (exact) mass is 334 g/mol. The maximum absolute atomic E-state index is 11.3. The van der Waals surface area contributed by atoms with Crippen molar-refractivity contribution in [3.63, 3.8) is 0 Å². The highest BCUT2D eigenvalue weighted by molar-refractivity contribution is 6.30. The summed E-state index contributed by atoms with van der Waals surface area (Å²) in [7, 11) is 0. The van der Waals surface area contributed by atoms with Gasteiger partial charge in [-0.2, -0.15) is 9.97 Å². The molecule has 0 atom stereocenters. The molecule has 0 radical (unpaired) electrons. The molecule has 3 N–H and O–H groups in total. The van der Waals surface area contributed by atoms with E-state index in [-0.39, 0.29) is 23.3 Å². The summed E-state index contributed by atoms with van der Waals surface area (Å²) in [5.74, 6) is 0.304. The fourth-order valence-electron chi connectivity index (χ4n) is 2.54. The van der Waals surface area contributed by atoms with Gasteiger partial charge in [-0.3, -0.25) is 10.1 Å². The Kier molecular flexibility index (Phi) is 4.16. The number of hydrogen-bond acceptors (Lipinski definition) is 7. The van der Waals surface area contributed by atoms with Gasteiger partial charge in [0.25, 0.3) is 0 Å². The highest BCUT2D eigenvalue weighted by atomic mass is 35.5. The van der Waals surface area contributed by atoms with Crippen LogP contribution in [0.25, 0.3) is 0 Å². The molecule has 8 nitrogen and oxygen atoms in total. The van der Waals surface area contributed by atoms with Crippen molar-refractivity contribution < 1.29 is 4.92 Å². The maximum atomic E-state index is 11.3. The van der Waals surface area contributed by atoms with E-state index in [1.54, 1.807) is 24.3 Å². The van der Waals surface area contributed by atoms with Gasteiger partial charge in [0.2, 0.25) is 17.6 Å². The Hall–Kier alpha value is -2.61. The molecule has 1 aromatic carbocycles. The third-order valence-electron chi connectivity index (χ3n) is 3.56. The van der Waals surface area contributed by atoms with Crippen molar-refractivity contribution >= 4 is 40.6 Å². The van der Waals surface area contributed by atoms with Gasteiger partial charge in [0.05, 0.1) is 4.92 Å². The minimum absolute atomic E-state index is 0.156. The molecule has 1 aliphatic heterocycles. The van der Waals surface area contributed by atoms with Crippen LogP contribution < -0.4 is 16.0 Å². The number of anilines is 4. The molecule has 2 aromatic rings. The zero-order valence-electron chi connectivity index (χ0n) is 12.2. The zero-order chi connectivity index (χ0) is 16.4. The van der Waals surface area contributed by atoms with E-state index in [0.29, 0.717) is 23.8 Å². The topological polar surface area (TPSA) is 110 Å². The molecular weight excluding hydrogens is 320 g/mol. The molecule has 120 valence electrons. The Morgan fingerprint density at radius 1 is 1.30 bits per heavy atom. The summed E-state index contributed by atoms with van der Waals surface area (Å²) in [6, 6.07) is 7.02. The van der Waals surface area contributed by atoms with Crippen LogP contribution in [0.2, 0.25) is 5.02 Å². The highest BCUT2D eigenvalue weighted by Crippen LogP contribution is 2.34. The summed E-state index contributed by atoms with van der Waals surface area (Å²) in [4.78, 5) is 20.9. The average Bonchev–Trinajstić information content (AvgIpc) is 3.00. The molecule has 9 heteroatoms. The molecule has 2 heterocycles. The third kappa shape index (κ3) is 3.26. The molecule has 0 amide bonds. The first kappa shape index (κ1) is 15.3. The van der Waals surface area contributed by atoms with E-state index in [4.69, 9.17) is 17.3 Å². The first-order valence-corrected chi connectivity index (χ1v) is 7.52. The summed E-state index contributed by atoms with van der Waals surface area (Å²) in [6.45, 7) is 1.43. The van der Waals surface area contributed by atoms with E-state index < -0.39 is 4.92 Å². The number of hydrogen-bond donors (Lipinski definition) is 2. The van der Waals surface area contributed by atoms with Gasteiger partial charge in [0.1, 0.15) is 0 Å². The van der Waals surface area contributed by atoms with Crippen LogP contribution in [0.5, 0.6) is 0 Å². The van der Waals surface area contributed by atoms with Gasteiger partial charge in [-0.05, 0) is 31.0 Å². The molecule has 0 aliphatic carbocycles. The molecule has 1 saturated heterocycles. The number of aromatic nitrogens is 2. The smallest absolute Gasteiger partial charge is 0.353 e. The van der Waals surface area contributed by atoms with E-state index in [2.05, 4.69) is 15.3 Å². The van der Waals surface area contributed by atoms with Crippen LogP contribution in [-0.2, 0) is 0 Å². The predicted molar refractivity (Wildman–Crippen MR) is 89.3 cm³/mol. The van der Waals surface area contributed by atoms with Crippen molar-refractivity contribution in [2.45, 2.75) is 12.8 Å². The lowest BCUT2D eigenvalue weighted by molar-refractivity contribution is -0.383. The minimum Gasteiger partial charge on any atom is -0.378 e. The van der Waals surface area contributed by atoms with Gasteiger partial charge in [0.15, 0.2) is 0 Å². The van der Waals surface area contributed by atoms with Gasteiger partial charge in [0, 0.05) is 23.8 Å². The zero-order valence-corrected chi connectivity index (χ0v) is 13.0. The molecule has 1 aromatic heterocycles. The number of nitrogens with one attached hydrogen (secondary N) is 1. The number of benzene rings is 1. The Morgan fingerprint density at radius 2 is 2.04 bits per heavy atom. The van der Waals surface area contributed by atoms with Crippen molar-refractivity contribution in [3.8, 4) is 0 Å². The predicted octanol–water partition coefficient (Wildman–Crippen LogP) is 2.96. The van der Waals surface area contributed by atoms with Gasteiger partial charge in [-0.1, -0.05) is 17.7 Å². The normalized spacial score (nSPS) is 14.0. The summed E-state index contributed by atoms with van der Waals surface area (Å²) < 4.78 is 0. The summed E-state index contributed by atoms with van der Waals surface area (Å²) in [5.41, 5.74) is 6.22. The lowest BCUT2D eigenvalue weighted by Gasteiger charge is -2.17. The highest BCUT2D eigenvalue weighted by Gasteiger charge is 2.28. The lowest BCUT2D eigenvalue weighted by atomic mass is 10.3. The van der Waals surface area contributed by atoms with Crippen LogP contribution in [0.4, 0.5) is 29.0 Å². The maximum Gasteiger partial charge on any atom is 0.353 e. The molecule has 0 unspecified atom stereocenters. The quantitative estimate of drug-likeness (QED) is 0.653. The Bertz CT molecular complexity index is 748. The fourth-order valence-corrected chi connectivity index (χ4v) is 2.73. The van der Waals surface area contributed by atoms with Crippen LogP contribution in [0, 0.1) is 10.1 Å². The Balaban J connectivity index is 2.00. The van der Waals surface area contributed by atoms with Gasteiger partial charge < -0.3 is 16.0 Å². The van der Waals surface area contributed by atoms with Gasteiger partial charge in [-0.25, -0.2) is 0 Å². The molecule has 3 rings (SSSR count). The Labute approximate surface area is 137 Å². The number of halogens is 1. The average molecular weight is 335 g/mol. The minimum atomic E-state index is -0.536. The van der Waals surface area contributed by atoms with E-state index in [1.807, 2.05) is 4.90 Å². The number of rotatable bonds is 4. The summed E-state index contributed by atoms with van der Waals surface area (Å²) in [5, 5.41) is 14.8. The van der Waals surface area contributed by atoms with Crippen LogP contribution in [0.15, 0.2) is 24.3 Å². The van der Waals surface area contributed by atoms with Crippen molar-refractivity contribution in [3.05, 3.63) is 39.4 Å².